The number of para-hydroxylation sites is 2. The average molecular weight is 428 g/mol. The van der Waals surface area contributed by atoms with Crippen molar-refractivity contribution in [1.29, 1.82) is 0 Å². The lowest BCUT2D eigenvalue weighted by Crippen LogP contribution is -2.17. The molecule has 1 amide bonds. The molecule has 0 radical (unpaired) electrons. The predicted molar refractivity (Wildman–Crippen MR) is 111 cm³/mol. The molecule has 0 fully saturated rings. The van der Waals surface area contributed by atoms with Gasteiger partial charge in [-0.2, -0.15) is 0 Å². The molecule has 4 aromatic rings. The van der Waals surface area contributed by atoms with Gasteiger partial charge in [0.2, 0.25) is 11.7 Å². The normalized spacial score (nSPS) is 11.4. The Bertz CT molecular complexity index is 1170. The Kier molecular flexibility index (Phi) is 5.54. The largest absolute Gasteiger partial charge is 0.453 e. The highest BCUT2D eigenvalue weighted by Gasteiger charge is 2.21. The van der Waals surface area contributed by atoms with Crippen molar-refractivity contribution >= 4 is 34.3 Å². The van der Waals surface area contributed by atoms with E-state index in [1.807, 2.05) is 48.7 Å². The van der Waals surface area contributed by atoms with Crippen molar-refractivity contribution in [3.05, 3.63) is 60.2 Å². The van der Waals surface area contributed by atoms with E-state index in [4.69, 9.17) is 4.42 Å². The summed E-state index contributed by atoms with van der Waals surface area (Å²) in [5.41, 5.74) is 0.280. The van der Waals surface area contributed by atoms with Gasteiger partial charge in [-0.25, -0.2) is 8.78 Å². The lowest BCUT2D eigenvalue weighted by atomic mass is 10.2. The Morgan fingerprint density at radius 3 is 2.57 bits per heavy atom. The van der Waals surface area contributed by atoms with E-state index in [1.54, 1.807) is 0 Å². The van der Waals surface area contributed by atoms with Crippen LogP contribution in [0.5, 0.6) is 0 Å². The number of amides is 1. The zero-order valence-corrected chi connectivity index (χ0v) is 17.0. The Balaban J connectivity index is 1.54. The number of hydrogen-bond donors (Lipinski definition) is 1. The van der Waals surface area contributed by atoms with Crippen LogP contribution in [-0.2, 0) is 4.79 Å². The van der Waals surface area contributed by atoms with Gasteiger partial charge < -0.3 is 9.73 Å². The summed E-state index contributed by atoms with van der Waals surface area (Å²) < 4.78 is 35.2. The summed E-state index contributed by atoms with van der Waals surface area (Å²) in [7, 11) is 0. The third-order valence-electron chi connectivity index (χ3n) is 4.39. The molecule has 2 aromatic carbocycles. The molecule has 6 nitrogen and oxygen atoms in total. The minimum atomic E-state index is -0.828. The maximum Gasteiger partial charge on any atom is 0.235 e. The molecule has 0 aliphatic rings. The number of benzene rings is 2. The van der Waals surface area contributed by atoms with Gasteiger partial charge in [0.25, 0.3) is 0 Å². The van der Waals surface area contributed by atoms with Crippen LogP contribution in [-0.4, -0.2) is 26.4 Å². The molecule has 0 unspecified atom stereocenters. The van der Waals surface area contributed by atoms with Gasteiger partial charge in [0, 0.05) is 11.4 Å². The lowest BCUT2D eigenvalue weighted by Gasteiger charge is -2.12. The van der Waals surface area contributed by atoms with Crippen LogP contribution >= 0.6 is 11.8 Å². The maximum atomic E-state index is 13.7. The summed E-state index contributed by atoms with van der Waals surface area (Å²) in [5, 5.41) is 12.1. The molecule has 2 heterocycles. The third kappa shape index (κ3) is 3.93. The molecule has 2 aromatic heterocycles. The number of halogens is 2. The monoisotopic (exact) mass is 428 g/mol. The minimum absolute atomic E-state index is 0.00205. The van der Waals surface area contributed by atoms with Crippen LogP contribution in [0.1, 0.15) is 19.9 Å². The van der Waals surface area contributed by atoms with Gasteiger partial charge in [-0.1, -0.05) is 36.0 Å². The number of carbonyl (C=O) groups excluding carboxylic acids is 1. The Hall–Kier alpha value is -3.20. The number of nitrogens with one attached hydrogen (secondary N) is 1. The van der Waals surface area contributed by atoms with Crippen molar-refractivity contribution in [3.63, 3.8) is 0 Å². The van der Waals surface area contributed by atoms with Gasteiger partial charge in [0.05, 0.1) is 5.75 Å². The van der Waals surface area contributed by atoms with Gasteiger partial charge in [-0.15, -0.1) is 10.2 Å². The van der Waals surface area contributed by atoms with E-state index >= 15 is 0 Å². The van der Waals surface area contributed by atoms with Gasteiger partial charge in [0.1, 0.15) is 22.9 Å². The molecule has 30 heavy (non-hydrogen) atoms. The Morgan fingerprint density at radius 2 is 1.87 bits per heavy atom. The van der Waals surface area contributed by atoms with E-state index in [0.29, 0.717) is 16.7 Å². The first-order valence-electron chi connectivity index (χ1n) is 9.24. The van der Waals surface area contributed by atoms with Crippen molar-refractivity contribution in [2.45, 2.75) is 25.0 Å². The van der Waals surface area contributed by atoms with Gasteiger partial charge >= 0.3 is 0 Å². The predicted octanol–water partition coefficient (Wildman–Crippen LogP) is 5.28. The number of furan rings is 1. The molecule has 1 N–H and O–H groups in total. The van der Waals surface area contributed by atoms with E-state index in [9.17, 15) is 13.6 Å². The summed E-state index contributed by atoms with van der Waals surface area (Å²) in [6.07, 6.45) is 0. The number of carbonyl (C=O) groups is 1. The van der Waals surface area contributed by atoms with Crippen LogP contribution in [0.2, 0.25) is 0 Å². The Morgan fingerprint density at radius 1 is 1.13 bits per heavy atom. The molecule has 0 atom stereocenters. The molecule has 0 aliphatic heterocycles. The van der Waals surface area contributed by atoms with E-state index in [0.717, 1.165) is 34.9 Å². The molecule has 0 saturated heterocycles. The van der Waals surface area contributed by atoms with Crippen molar-refractivity contribution in [2.75, 3.05) is 11.1 Å². The quantitative estimate of drug-likeness (QED) is 0.423. The number of nitrogens with zero attached hydrogens (tertiary/aromatic N) is 3. The van der Waals surface area contributed by atoms with Gasteiger partial charge in [0.15, 0.2) is 10.9 Å². The number of rotatable bonds is 6. The van der Waals surface area contributed by atoms with Gasteiger partial charge in [-0.05, 0) is 38.1 Å². The van der Waals surface area contributed by atoms with Crippen LogP contribution in [0.3, 0.4) is 0 Å². The molecule has 0 spiro atoms. The fourth-order valence-corrected chi connectivity index (χ4v) is 3.89. The summed E-state index contributed by atoms with van der Waals surface area (Å²) >= 11 is 1.13. The maximum absolute atomic E-state index is 13.7. The summed E-state index contributed by atoms with van der Waals surface area (Å²) in [4.78, 5) is 12.2. The summed E-state index contributed by atoms with van der Waals surface area (Å²) in [5.74, 6) is -1.17. The average Bonchev–Trinajstić information content (AvgIpc) is 3.33. The van der Waals surface area contributed by atoms with Crippen molar-refractivity contribution in [2.24, 2.45) is 0 Å². The van der Waals surface area contributed by atoms with E-state index in [2.05, 4.69) is 15.5 Å². The highest BCUT2D eigenvalue weighted by Crippen LogP contribution is 2.31. The molecule has 0 bridgehead atoms. The first kappa shape index (κ1) is 20.1. The van der Waals surface area contributed by atoms with E-state index < -0.39 is 23.2 Å². The lowest BCUT2D eigenvalue weighted by molar-refractivity contribution is -0.113. The van der Waals surface area contributed by atoms with Crippen molar-refractivity contribution < 1.29 is 18.0 Å². The van der Waals surface area contributed by atoms with E-state index in [1.165, 1.54) is 6.07 Å². The zero-order chi connectivity index (χ0) is 21.3. The molecular weight excluding hydrogens is 410 g/mol. The fraction of sp³-hybridized carbons (Fsp3) is 0.190. The number of anilines is 1. The van der Waals surface area contributed by atoms with Gasteiger partial charge in [-0.3, -0.25) is 9.36 Å². The summed E-state index contributed by atoms with van der Waals surface area (Å²) in [6.45, 7) is 3.93. The zero-order valence-electron chi connectivity index (χ0n) is 16.2. The highest BCUT2D eigenvalue weighted by molar-refractivity contribution is 7.99. The van der Waals surface area contributed by atoms with E-state index in [-0.39, 0.29) is 11.8 Å². The molecule has 0 saturated carbocycles. The minimum Gasteiger partial charge on any atom is -0.453 e. The smallest absolute Gasteiger partial charge is 0.235 e. The van der Waals surface area contributed by atoms with Crippen LogP contribution in [0.25, 0.3) is 22.6 Å². The van der Waals surface area contributed by atoms with Crippen molar-refractivity contribution in [3.8, 4) is 11.6 Å². The molecular formula is C21H18F2N4O2S. The standard InChI is InChI=1S/C21H18F2N4O2S/c1-12(2)27-20(17-10-13-6-3-4-9-16(13)29-17)25-26-21(27)30-11-18(28)24-19-14(22)7-5-8-15(19)23/h3-10,12H,11H2,1-2H3,(H,24,28). The number of thioether (sulfide) groups is 1. The molecule has 9 heteroatoms. The Labute approximate surface area is 175 Å². The SMILES string of the molecule is CC(C)n1c(SCC(=O)Nc2c(F)cccc2F)nnc1-c1cc2ccccc2o1. The first-order valence-corrected chi connectivity index (χ1v) is 10.2. The third-order valence-corrected chi connectivity index (χ3v) is 5.33. The number of fused-ring (bicyclic) bond motifs is 1. The highest BCUT2D eigenvalue weighted by atomic mass is 32.2. The first-order chi connectivity index (χ1) is 14.4. The number of aromatic nitrogens is 3. The van der Waals surface area contributed by atoms with Crippen LogP contribution in [0, 0.1) is 11.6 Å². The summed E-state index contributed by atoms with van der Waals surface area (Å²) in [6, 6.07) is 12.9. The number of hydrogen-bond acceptors (Lipinski definition) is 5. The molecule has 154 valence electrons. The second-order valence-electron chi connectivity index (χ2n) is 6.85. The van der Waals surface area contributed by atoms with Crippen molar-refractivity contribution in [1.82, 2.24) is 14.8 Å². The fourth-order valence-electron chi connectivity index (χ4n) is 3.02. The van der Waals surface area contributed by atoms with Crippen LogP contribution in [0.4, 0.5) is 14.5 Å². The second-order valence-corrected chi connectivity index (χ2v) is 7.79. The molecule has 0 aliphatic carbocycles. The molecule has 4 rings (SSSR count). The van der Waals surface area contributed by atoms with Crippen LogP contribution < -0.4 is 5.32 Å². The topological polar surface area (TPSA) is 73.0 Å². The second kappa shape index (κ2) is 8.27. The van der Waals surface area contributed by atoms with Crippen LogP contribution in [0.15, 0.2) is 58.1 Å².